The van der Waals surface area contributed by atoms with Gasteiger partial charge in [0.1, 0.15) is 12.1 Å². The summed E-state index contributed by atoms with van der Waals surface area (Å²) in [7, 11) is 0. The molecule has 5 rings (SSSR count). The Morgan fingerprint density at radius 3 is 2.44 bits per heavy atom. The van der Waals surface area contributed by atoms with Crippen molar-refractivity contribution in [2.24, 2.45) is 0 Å². The third kappa shape index (κ3) is 3.74. The van der Waals surface area contributed by atoms with Crippen LogP contribution in [-0.4, -0.2) is 14.5 Å². The van der Waals surface area contributed by atoms with Crippen LogP contribution < -0.4 is 5.32 Å². The van der Waals surface area contributed by atoms with Crippen LogP contribution in [0, 0.1) is 6.92 Å². The molecule has 0 bridgehead atoms. The lowest BCUT2D eigenvalue weighted by molar-refractivity contribution is 1.07. The predicted molar refractivity (Wildman–Crippen MR) is 133 cm³/mol. The molecule has 4 nitrogen and oxygen atoms in total. The zero-order valence-electron chi connectivity index (χ0n) is 18.0. The maximum absolute atomic E-state index is 6.44. The number of fused-ring (bicyclic) bond motifs is 1. The summed E-state index contributed by atoms with van der Waals surface area (Å²) >= 11 is 6.44. The van der Waals surface area contributed by atoms with Gasteiger partial charge in [-0.2, -0.15) is 0 Å². The number of halogens is 1. The van der Waals surface area contributed by atoms with E-state index >= 15 is 0 Å². The predicted octanol–water partition coefficient (Wildman–Crippen LogP) is 7.36. The molecule has 5 aromatic rings. The molecule has 0 amide bonds. The number of hydrogen-bond donors (Lipinski definition) is 1. The first-order valence-corrected chi connectivity index (χ1v) is 11.1. The molecule has 2 heterocycles. The van der Waals surface area contributed by atoms with Crippen LogP contribution in [0.2, 0.25) is 5.02 Å². The van der Waals surface area contributed by atoms with Gasteiger partial charge < -0.3 is 9.88 Å². The summed E-state index contributed by atoms with van der Waals surface area (Å²) in [6.07, 6.45) is 4.73. The number of aromatic nitrogens is 3. The van der Waals surface area contributed by atoms with Crippen LogP contribution in [0.4, 0.5) is 11.5 Å². The largest absolute Gasteiger partial charge is 0.340 e. The minimum absolute atomic E-state index is 0.731. The van der Waals surface area contributed by atoms with Gasteiger partial charge in [-0.15, -0.1) is 0 Å². The van der Waals surface area contributed by atoms with Crippen LogP contribution >= 0.6 is 11.6 Å². The van der Waals surface area contributed by atoms with Gasteiger partial charge in [-0.1, -0.05) is 67.1 Å². The fraction of sp³-hybridized carbons (Fsp3) is 0.111. The molecule has 1 N–H and O–H groups in total. The second-order valence-electron chi connectivity index (χ2n) is 7.81. The molecule has 0 aliphatic heterocycles. The Labute approximate surface area is 192 Å². The summed E-state index contributed by atoms with van der Waals surface area (Å²) in [5.41, 5.74) is 7.29. The van der Waals surface area contributed by atoms with Crippen molar-refractivity contribution >= 4 is 34.1 Å². The first-order valence-electron chi connectivity index (χ1n) is 10.7. The Kier molecular flexibility index (Phi) is 5.38. The van der Waals surface area contributed by atoms with Crippen LogP contribution in [0.5, 0.6) is 0 Å². The molecule has 0 unspecified atom stereocenters. The van der Waals surface area contributed by atoms with E-state index in [1.165, 1.54) is 5.56 Å². The lowest BCUT2D eigenvalue weighted by Crippen LogP contribution is -1.98. The highest BCUT2D eigenvalue weighted by Crippen LogP contribution is 2.36. The first-order chi connectivity index (χ1) is 15.6. The summed E-state index contributed by atoms with van der Waals surface area (Å²) in [5.74, 6) is 0.773. The number of benzene rings is 3. The van der Waals surface area contributed by atoms with Crippen molar-refractivity contribution in [2.75, 3.05) is 5.32 Å². The fourth-order valence-corrected chi connectivity index (χ4v) is 4.06. The Hall–Kier alpha value is -3.63. The molecule has 32 heavy (non-hydrogen) atoms. The maximum Gasteiger partial charge on any atom is 0.150 e. The third-order valence-electron chi connectivity index (χ3n) is 5.73. The van der Waals surface area contributed by atoms with Crippen molar-refractivity contribution in [2.45, 2.75) is 20.3 Å². The second kappa shape index (κ2) is 8.48. The number of rotatable bonds is 5. The van der Waals surface area contributed by atoms with E-state index in [0.29, 0.717) is 0 Å². The highest BCUT2D eigenvalue weighted by molar-refractivity contribution is 6.31. The van der Waals surface area contributed by atoms with E-state index in [9.17, 15) is 0 Å². The minimum atomic E-state index is 0.731. The van der Waals surface area contributed by atoms with Gasteiger partial charge in [0.05, 0.1) is 5.39 Å². The monoisotopic (exact) mass is 438 g/mol. The summed E-state index contributed by atoms with van der Waals surface area (Å²) in [6, 6.07) is 24.8. The van der Waals surface area contributed by atoms with Gasteiger partial charge in [-0.25, -0.2) is 9.97 Å². The highest BCUT2D eigenvalue weighted by atomic mass is 35.5. The second-order valence-corrected chi connectivity index (χ2v) is 8.22. The van der Waals surface area contributed by atoms with E-state index in [0.717, 1.165) is 56.4 Å². The number of hydrogen-bond acceptors (Lipinski definition) is 3. The van der Waals surface area contributed by atoms with Gasteiger partial charge in [0.2, 0.25) is 0 Å². The fourth-order valence-electron chi connectivity index (χ4n) is 3.88. The highest BCUT2D eigenvalue weighted by Gasteiger charge is 2.18. The first kappa shape index (κ1) is 20.3. The zero-order chi connectivity index (χ0) is 22.1. The number of anilines is 2. The van der Waals surface area contributed by atoms with Crippen molar-refractivity contribution in [1.82, 2.24) is 14.5 Å². The zero-order valence-corrected chi connectivity index (χ0v) is 18.8. The lowest BCUT2D eigenvalue weighted by Gasteiger charge is -2.10. The van der Waals surface area contributed by atoms with Gasteiger partial charge in [-0.05, 0) is 54.3 Å². The molecule has 2 aromatic heterocycles. The Balaban J connectivity index is 1.71. The van der Waals surface area contributed by atoms with Crippen molar-refractivity contribution in [3.05, 3.63) is 101 Å². The maximum atomic E-state index is 6.44. The summed E-state index contributed by atoms with van der Waals surface area (Å²) in [6.45, 7) is 4.16. The topological polar surface area (TPSA) is 42.7 Å². The third-order valence-corrected chi connectivity index (χ3v) is 6.13. The average Bonchev–Trinajstić information content (AvgIpc) is 3.23. The molecule has 0 radical (unpaired) electrons. The lowest BCUT2D eigenvalue weighted by atomic mass is 10.1. The van der Waals surface area contributed by atoms with Crippen LogP contribution in [0.1, 0.15) is 18.1 Å². The smallest absolute Gasteiger partial charge is 0.150 e. The average molecular weight is 439 g/mol. The summed E-state index contributed by atoms with van der Waals surface area (Å²) < 4.78 is 2.08. The molecule has 0 saturated carbocycles. The van der Waals surface area contributed by atoms with Gasteiger partial charge >= 0.3 is 0 Å². The Morgan fingerprint density at radius 1 is 0.938 bits per heavy atom. The van der Waals surface area contributed by atoms with E-state index in [4.69, 9.17) is 11.6 Å². The molecule has 0 saturated heterocycles. The van der Waals surface area contributed by atoms with E-state index in [1.807, 2.05) is 37.3 Å². The summed E-state index contributed by atoms with van der Waals surface area (Å²) in [4.78, 5) is 9.26. The van der Waals surface area contributed by atoms with Gasteiger partial charge in [0.15, 0.2) is 5.65 Å². The molecule has 0 fully saturated rings. The Morgan fingerprint density at radius 2 is 1.72 bits per heavy atom. The van der Waals surface area contributed by atoms with Gasteiger partial charge in [-0.3, -0.25) is 0 Å². The van der Waals surface area contributed by atoms with E-state index < -0.39 is 0 Å². The number of aryl methyl sites for hydroxylation is 2. The Bertz CT molecular complexity index is 1390. The van der Waals surface area contributed by atoms with Crippen LogP contribution in [0.15, 0.2) is 85.3 Å². The quantitative estimate of drug-likeness (QED) is 0.311. The normalized spacial score (nSPS) is 11.1. The molecule has 3 aromatic carbocycles. The molecule has 0 aliphatic rings. The number of nitrogens with zero attached hydrogens (tertiary/aromatic N) is 3. The van der Waals surface area contributed by atoms with Gasteiger partial charge in [0.25, 0.3) is 0 Å². The standard InChI is InChI=1S/C27H23ClN4/c1-3-19-10-12-21(13-11-19)31-26-25-23(20-7-5-4-6-8-20)16-32(27(25)30-17-29-26)22-14-9-18(2)24(28)15-22/h4-17H,3H2,1-2H3,(H,29,30,31). The van der Waals surface area contributed by atoms with E-state index in [-0.39, 0.29) is 0 Å². The molecule has 0 atom stereocenters. The molecule has 0 spiro atoms. The molecular weight excluding hydrogens is 416 g/mol. The van der Waals surface area contributed by atoms with E-state index in [2.05, 4.69) is 75.4 Å². The molecule has 158 valence electrons. The molecule has 0 aliphatic carbocycles. The SMILES string of the molecule is CCc1ccc(Nc2ncnc3c2c(-c2ccccc2)cn3-c2ccc(C)c(Cl)c2)cc1. The van der Waals surface area contributed by atoms with Crippen LogP contribution in [0.3, 0.4) is 0 Å². The van der Waals surface area contributed by atoms with Crippen LogP contribution in [0.25, 0.3) is 27.8 Å². The van der Waals surface area contributed by atoms with E-state index in [1.54, 1.807) is 6.33 Å². The van der Waals surface area contributed by atoms with Crippen molar-refractivity contribution in [3.8, 4) is 16.8 Å². The molecule has 5 heteroatoms. The van der Waals surface area contributed by atoms with Crippen molar-refractivity contribution < 1.29 is 0 Å². The minimum Gasteiger partial charge on any atom is -0.340 e. The van der Waals surface area contributed by atoms with Crippen molar-refractivity contribution in [3.63, 3.8) is 0 Å². The van der Waals surface area contributed by atoms with Gasteiger partial charge in [0, 0.05) is 28.2 Å². The number of nitrogens with one attached hydrogen (secondary N) is 1. The molecular formula is C27H23ClN4. The summed E-state index contributed by atoms with van der Waals surface area (Å²) in [5, 5.41) is 5.20. The van der Waals surface area contributed by atoms with Crippen LogP contribution in [-0.2, 0) is 6.42 Å². The van der Waals surface area contributed by atoms with Crippen molar-refractivity contribution in [1.29, 1.82) is 0 Å².